The molecule has 0 saturated heterocycles. The van der Waals surface area contributed by atoms with Gasteiger partial charge < -0.3 is 4.90 Å². The summed E-state index contributed by atoms with van der Waals surface area (Å²) in [7, 11) is 0. The van der Waals surface area contributed by atoms with Crippen molar-refractivity contribution in [3.8, 4) is 0 Å². The molecular weight excluding hydrogens is 278 g/mol. The van der Waals surface area contributed by atoms with E-state index in [2.05, 4.69) is 49.9 Å². The summed E-state index contributed by atoms with van der Waals surface area (Å²) in [5.74, 6) is 0. The maximum atomic E-state index is 2.41. The fraction of sp³-hybridized carbons (Fsp3) is 0.727. The first-order valence-electron chi connectivity index (χ1n) is 10.2. The lowest BCUT2D eigenvalue weighted by atomic mass is 10.0. The second kappa shape index (κ2) is 13.5. The average molecular weight is 318 g/mol. The van der Waals surface area contributed by atoms with Crippen molar-refractivity contribution in [2.75, 3.05) is 18.0 Å². The fourth-order valence-corrected chi connectivity index (χ4v) is 3.28. The maximum absolute atomic E-state index is 2.41. The van der Waals surface area contributed by atoms with Crippen LogP contribution >= 0.6 is 0 Å². The molecule has 1 aromatic carbocycles. The van der Waals surface area contributed by atoms with Crippen molar-refractivity contribution in [1.29, 1.82) is 0 Å². The second-order valence-corrected chi connectivity index (χ2v) is 6.77. The van der Waals surface area contributed by atoms with Gasteiger partial charge in [0.2, 0.25) is 0 Å². The highest BCUT2D eigenvalue weighted by molar-refractivity contribution is 5.47. The predicted molar refractivity (Wildman–Crippen MR) is 106 cm³/mol. The van der Waals surface area contributed by atoms with Gasteiger partial charge in [0.1, 0.15) is 0 Å². The van der Waals surface area contributed by atoms with E-state index in [0.29, 0.717) is 0 Å². The fourth-order valence-electron chi connectivity index (χ4n) is 3.28. The summed E-state index contributed by atoms with van der Waals surface area (Å²) < 4.78 is 0. The lowest BCUT2D eigenvalue weighted by molar-refractivity contribution is 0.556. The molecule has 0 unspecified atom stereocenters. The minimum Gasteiger partial charge on any atom is -0.372 e. The van der Waals surface area contributed by atoms with Crippen LogP contribution in [0.1, 0.15) is 90.5 Å². The van der Waals surface area contributed by atoms with Gasteiger partial charge in [0.15, 0.2) is 0 Å². The Morgan fingerprint density at radius 1 is 0.609 bits per heavy atom. The summed E-state index contributed by atoms with van der Waals surface area (Å²) in [6.45, 7) is 8.92. The van der Waals surface area contributed by atoms with Gasteiger partial charge in [-0.1, -0.05) is 76.8 Å². The van der Waals surface area contributed by atoms with Gasteiger partial charge in [-0.05, 0) is 44.4 Å². The molecule has 0 aliphatic heterocycles. The molecule has 23 heavy (non-hydrogen) atoms. The summed E-state index contributed by atoms with van der Waals surface area (Å²) in [5, 5.41) is 0. The molecule has 1 aromatic rings. The monoisotopic (exact) mass is 317 g/mol. The number of hydrogen-bond acceptors (Lipinski definition) is 1. The molecule has 0 fully saturated rings. The van der Waals surface area contributed by atoms with E-state index in [9.17, 15) is 0 Å². The van der Waals surface area contributed by atoms with E-state index >= 15 is 0 Å². The van der Waals surface area contributed by atoms with E-state index in [1.54, 1.807) is 0 Å². The van der Waals surface area contributed by atoms with E-state index in [0.717, 1.165) is 13.1 Å². The van der Waals surface area contributed by atoms with Crippen molar-refractivity contribution in [3.63, 3.8) is 0 Å². The van der Waals surface area contributed by atoms with E-state index in [1.807, 2.05) is 0 Å². The van der Waals surface area contributed by atoms with Crippen LogP contribution in [0.5, 0.6) is 0 Å². The number of unbranched alkanes of at least 4 members (excludes halogenated alkanes) is 9. The van der Waals surface area contributed by atoms with Crippen molar-refractivity contribution >= 4 is 5.69 Å². The number of rotatable bonds is 14. The first kappa shape index (κ1) is 20.1. The highest BCUT2D eigenvalue weighted by Gasteiger charge is 2.01. The Hall–Kier alpha value is -0.980. The molecule has 1 heteroatoms. The largest absolute Gasteiger partial charge is 0.372 e. The molecule has 0 N–H and O–H groups in total. The van der Waals surface area contributed by atoms with Crippen molar-refractivity contribution in [2.24, 2.45) is 0 Å². The number of aryl methyl sites for hydroxylation is 1. The van der Waals surface area contributed by atoms with Crippen molar-refractivity contribution in [1.82, 2.24) is 0 Å². The summed E-state index contributed by atoms with van der Waals surface area (Å²) in [6.07, 6.45) is 15.4. The van der Waals surface area contributed by atoms with Gasteiger partial charge in [0, 0.05) is 18.8 Å². The zero-order valence-corrected chi connectivity index (χ0v) is 15.9. The highest BCUT2D eigenvalue weighted by Crippen LogP contribution is 2.17. The lowest BCUT2D eigenvalue weighted by Gasteiger charge is -2.21. The summed E-state index contributed by atoms with van der Waals surface area (Å²) in [5.41, 5.74) is 2.86. The van der Waals surface area contributed by atoms with Gasteiger partial charge >= 0.3 is 0 Å². The zero-order valence-electron chi connectivity index (χ0n) is 15.9. The molecule has 0 aromatic heterocycles. The van der Waals surface area contributed by atoms with Gasteiger partial charge in [0.05, 0.1) is 0 Å². The van der Waals surface area contributed by atoms with Gasteiger partial charge in [-0.25, -0.2) is 0 Å². The van der Waals surface area contributed by atoms with Crippen LogP contribution in [0.3, 0.4) is 0 Å². The second-order valence-electron chi connectivity index (χ2n) is 6.77. The number of anilines is 1. The Balaban J connectivity index is 2.05. The van der Waals surface area contributed by atoms with Crippen LogP contribution in [0.4, 0.5) is 5.69 Å². The molecule has 0 bridgehead atoms. The molecule has 0 spiro atoms. The molecule has 0 aliphatic carbocycles. The Kier molecular flexibility index (Phi) is 11.7. The topological polar surface area (TPSA) is 3.24 Å². The smallest absolute Gasteiger partial charge is 0.0366 e. The first-order chi connectivity index (χ1) is 11.3. The van der Waals surface area contributed by atoms with Crippen LogP contribution in [0, 0.1) is 0 Å². The molecule has 0 atom stereocenters. The number of nitrogens with zero attached hydrogens (tertiary/aromatic N) is 1. The van der Waals surface area contributed by atoms with Crippen LogP contribution in [0.25, 0.3) is 0 Å². The molecule has 0 saturated carbocycles. The van der Waals surface area contributed by atoms with E-state index in [1.165, 1.54) is 81.9 Å². The molecule has 0 heterocycles. The van der Waals surface area contributed by atoms with E-state index in [-0.39, 0.29) is 0 Å². The van der Waals surface area contributed by atoms with Crippen LogP contribution in [-0.4, -0.2) is 13.1 Å². The van der Waals surface area contributed by atoms with Crippen LogP contribution in [0.2, 0.25) is 0 Å². The minimum atomic E-state index is 1.09. The van der Waals surface area contributed by atoms with Crippen molar-refractivity contribution in [2.45, 2.75) is 91.4 Å². The number of hydrogen-bond donors (Lipinski definition) is 0. The van der Waals surface area contributed by atoms with Gasteiger partial charge in [-0.3, -0.25) is 0 Å². The first-order valence-corrected chi connectivity index (χ1v) is 10.2. The van der Waals surface area contributed by atoms with E-state index < -0.39 is 0 Å². The zero-order chi connectivity index (χ0) is 16.8. The third-order valence-corrected chi connectivity index (χ3v) is 4.88. The van der Waals surface area contributed by atoms with Crippen molar-refractivity contribution in [3.05, 3.63) is 29.8 Å². The molecule has 1 rings (SSSR count). The number of benzene rings is 1. The normalized spacial score (nSPS) is 10.9. The third-order valence-electron chi connectivity index (χ3n) is 4.88. The minimum absolute atomic E-state index is 1.09. The van der Waals surface area contributed by atoms with Gasteiger partial charge in [0.25, 0.3) is 0 Å². The summed E-state index contributed by atoms with van der Waals surface area (Å²) in [4.78, 5) is 2.41. The molecule has 132 valence electrons. The molecular formula is C22H39N. The molecule has 0 aliphatic rings. The lowest BCUT2D eigenvalue weighted by Crippen LogP contribution is -2.21. The van der Waals surface area contributed by atoms with Crippen molar-refractivity contribution < 1.29 is 0 Å². The Morgan fingerprint density at radius 2 is 1.09 bits per heavy atom. The summed E-state index contributed by atoms with van der Waals surface area (Å²) >= 11 is 0. The molecule has 1 nitrogen and oxygen atoms in total. The van der Waals surface area contributed by atoms with Crippen LogP contribution in [-0.2, 0) is 6.42 Å². The van der Waals surface area contributed by atoms with Crippen LogP contribution < -0.4 is 4.90 Å². The Bertz CT molecular complexity index is 364. The quantitative estimate of drug-likeness (QED) is 0.334. The van der Waals surface area contributed by atoms with Gasteiger partial charge in [-0.15, -0.1) is 0 Å². The Labute approximate surface area is 145 Å². The molecule has 0 amide bonds. The highest BCUT2D eigenvalue weighted by atomic mass is 15.1. The SMILES string of the molecule is CCCCCCCCCCCCc1ccc(N(CC)CC)cc1. The summed E-state index contributed by atoms with van der Waals surface area (Å²) in [6, 6.07) is 9.22. The average Bonchev–Trinajstić information content (AvgIpc) is 2.59. The Morgan fingerprint density at radius 3 is 1.57 bits per heavy atom. The predicted octanol–water partition coefficient (Wildman–Crippen LogP) is 7.00. The third kappa shape index (κ3) is 9.03. The standard InChI is InChI=1S/C22H39N/c1-4-7-8-9-10-11-12-13-14-15-16-21-17-19-22(20-18-21)23(5-2)6-3/h17-20H,4-16H2,1-3H3. The molecule has 0 radical (unpaired) electrons. The van der Waals surface area contributed by atoms with Crippen LogP contribution in [0.15, 0.2) is 24.3 Å². The van der Waals surface area contributed by atoms with E-state index in [4.69, 9.17) is 0 Å². The maximum Gasteiger partial charge on any atom is 0.0366 e. The van der Waals surface area contributed by atoms with Gasteiger partial charge in [-0.2, -0.15) is 0 Å².